The Hall–Kier alpha value is -1.52. The third kappa shape index (κ3) is 5.38. The second-order valence-electron chi connectivity index (χ2n) is 3.93. The molecule has 0 aromatic carbocycles. The number of amides is 1. The van der Waals surface area contributed by atoms with Crippen LogP contribution in [0.3, 0.4) is 0 Å². The fourth-order valence-corrected chi connectivity index (χ4v) is 1.38. The fourth-order valence-electron chi connectivity index (χ4n) is 1.38. The summed E-state index contributed by atoms with van der Waals surface area (Å²) in [5.74, 6) is 0.561. The molecule has 0 atom stereocenters. The third-order valence-electron chi connectivity index (χ3n) is 2.28. The molecule has 0 spiro atoms. The van der Waals surface area contributed by atoms with Crippen LogP contribution in [0, 0.1) is 0 Å². The van der Waals surface area contributed by atoms with Crippen molar-refractivity contribution in [1.82, 2.24) is 15.1 Å². The molecule has 5 nitrogen and oxygen atoms in total. The second-order valence-corrected chi connectivity index (χ2v) is 3.93. The standard InChI is InChI=1S/C12H21N3O2/c1-3-5-6-13-12(16)10-17-11-8-14-15(9-11)7-4-2/h8-9H,3-7,10H2,1-2H3,(H,13,16). The number of aromatic nitrogens is 2. The van der Waals surface area contributed by atoms with Crippen LogP contribution in [0.5, 0.6) is 5.75 Å². The molecular formula is C12H21N3O2. The Morgan fingerprint density at radius 2 is 2.29 bits per heavy atom. The van der Waals surface area contributed by atoms with E-state index >= 15 is 0 Å². The zero-order valence-corrected chi connectivity index (χ0v) is 10.6. The topological polar surface area (TPSA) is 56.1 Å². The molecule has 0 aliphatic rings. The number of nitrogens with zero attached hydrogens (tertiary/aromatic N) is 2. The highest BCUT2D eigenvalue weighted by atomic mass is 16.5. The van der Waals surface area contributed by atoms with Crippen LogP contribution >= 0.6 is 0 Å². The van der Waals surface area contributed by atoms with Crippen molar-refractivity contribution in [3.05, 3.63) is 12.4 Å². The van der Waals surface area contributed by atoms with E-state index < -0.39 is 0 Å². The molecule has 0 saturated heterocycles. The fraction of sp³-hybridized carbons (Fsp3) is 0.667. The highest BCUT2D eigenvalue weighted by molar-refractivity contribution is 5.77. The molecule has 0 unspecified atom stereocenters. The first-order valence-corrected chi connectivity index (χ1v) is 6.18. The van der Waals surface area contributed by atoms with Crippen molar-refractivity contribution < 1.29 is 9.53 Å². The van der Waals surface area contributed by atoms with E-state index in [9.17, 15) is 4.79 Å². The lowest BCUT2D eigenvalue weighted by Gasteiger charge is -2.04. The Morgan fingerprint density at radius 3 is 3.00 bits per heavy atom. The average molecular weight is 239 g/mol. The summed E-state index contributed by atoms with van der Waals surface area (Å²) in [6.07, 6.45) is 6.54. The van der Waals surface area contributed by atoms with Crippen LogP contribution < -0.4 is 10.1 Å². The number of aryl methyl sites for hydroxylation is 1. The van der Waals surface area contributed by atoms with E-state index in [2.05, 4.69) is 24.3 Å². The van der Waals surface area contributed by atoms with E-state index in [-0.39, 0.29) is 12.5 Å². The largest absolute Gasteiger partial charge is 0.480 e. The highest BCUT2D eigenvalue weighted by Gasteiger charge is 2.03. The van der Waals surface area contributed by atoms with Gasteiger partial charge in [0.2, 0.25) is 0 Å². The molecular weight excluding hydrogens is 218 g/mol. The number of carbonyl (C=O) groups excluding carboxylic acids is 1. The van der Waals surface area contributed by atoms with E-state index in [1.54, 1.807) is 6.20 Å². The summed E-state index contributed by atoms with van der Waals surface area (Å²) in [5.41, 5.74) is 0. The number of rotatable bonds is 8. The van der Waals surface area contributed by atoms with Gasteiger partial charge in [-0.15, -0.1) is 0 Å². The first-order valence-electron chi connectivity index (χ1n) is 6.18. The first kappa shape index (κ1) is 13.5. The van der Waals surface area contributed by atoms with Crippen LogP contribution in [0.4, 0.5) is 0 Å². The maximum Gasteiger partial charge on any atom is 0.257 e. The molecule has 1 aromatic heterocycles. The molecule has 1 N–H and O–H groups in total. The molecule has 0 bridgehead atoms. The highest BCUT2D eigenvalue weighted by Crippen LogP contribution is 2.08. The van der Waals surface area contributed by atoms with Crippen LogP contribution in [-0.4, -0.2) is 28.8 Å². The summed E-state index contributed by atoms with van der Waals surface area (Å²) in [4.78, 5) is 11.4. The summed E-state index contributed by atoms with van der Waals surface area (Å²) in [7, 11) is 0. The van der Waals surface area contributed by atoms with Gasteiger partial charge in [0.1, 0.15) is 0 Å². The molecule has 0 aliphatic carbocycles. The Bertz CT molecular complexity index is 336. The molecule has 0 aliphatic heterocycles. The molecule has 17 heavy (non-hydrogen) atoms. The van der Waals surface area contributed by atoms with E-state index in [0.717, 1.165) is 25.8 Å². The van der Waals surface area contributed by atoms with Crippen LogP contribution in [0.1, 0.15) is 33.1 Å². The number of hydrogen-bond acceptors (Lipinski definition) is 3. The minimum Gasteiger partial charge on any atom is -0.480 e. The van der Waals surface area contributed by atoms with Crippen LogP contribution in [-0.2, 0) is 11.3 Å². The number of hydrogen-bond donors (Lipinski definition) is 1. The number of nitrogens with one attached hydrogen (secondary N) is 1. The normalized spacial score (nSPS) is 10.2. The molecule has 0 saturated carbocycles. The van der Waals surface area contributed by atoms with Crippen molar-refractivity contribution in [2.24, 2.45) is 0 Å². The van der Waals surface area contributed by atoms with Gasteiger partial charge in [-0.3, -0.25) is 9.48 Å². The van der Waals surface area contributed by atoms with Gasteiger partial charge in [-0.1, -0.05) is 20.3 Å². The van der Waals surface area contributed by atoms with Gasteiger partial charge in [-0.05, 0) is 12.8 Å². The van der Waals surface area contributed by atoms with Gasteiger partial charge >= 0.3 is 0 Å². The molecule has 1 amide bonds. The van der Waals surface area contributed by atoms with Crippen LogP contribution in [0.15, 0.2) is 12.4 Å². The predicted molar refractivity (Wildman–Crippen MR) is 65.9 cm³/mol. The molecule has 0 radical (unpaired) electrons. The quantitative estimate of drug-likeness (QED) is 0.701. The lowest BCUT2D eigenvalue weighted by molar-refractivity contribution is -0.123. The molecule has 96 valence electrons. The van der Waals surface area contributed by atoms with Crippen molar-refractivity contribution in [2.45, 2.75) is 39.7 Å². The van der Waals surface area contributed by atoms with Crippen molar-refractivity contribution in [3.8, 4) is 5.75 Å². The smallest absolute Gasteiger partial charge is 0.257 e. The zero-order chi connectivity index (χ0) is 12.5. The molecule has 5 heteroatoms. The summed E-state index contributed by atoms with van der Waals surface area (Å²) >= 11 is 0. The minimum atomic E-state index is -0.0818. The maximum absolute atomic E-state index is 11.4. The second kappa shape index (κ2) is 7.70. The Balaban J connectivity index is 2.22. The van der Waals surface area contributed by atoms with E-state index in [4.69, 9.17) is 4.74 Å². The van der Waals surface area contributed by atoms with E-state index in [0.29, 0.717) is 12.3 Å². The number of unbranched alkanes of at least 4 members (excludes halogenated alkanes) is 1. The summed E-state index contributed by atoms with van der Waals surface area (Å²) < 4.78 is 7.14. The number of carbonyl (C=O) groups is 1. The molecule has 1 heterocycles. The Labute approximate surface area is 102 Å². The van der Waals surface area contributed by atoms with Gasteiger partial charge in [0, 0.05) is 13.1 Å². The van der Waals surface area contributed by atoms with Crippen molar-refractivity contribution in [2.75, 3.05) is 13.2 Å². The Kier molecular flexibility index (Phi) is 6.14. The van der Waals surface area contributed by atoms with Crippen molar-refractivity contribution in [3.63, 3.8) is 0 Å². The summed E-state index contributed by atoms with van der Waals surface area (Å²) in [6, 6.07) is 0. The Morgan fingerprint density at radius 1 is 1.47 bits per heavy atom. The lowest BCUT2D eigenvalue weighted by Crippen LogP contribution is -2.29. The van der Waals surface area contributed by atoms with Crippen molar-refractivity contribution in [1.29, 1.82) is 0 Å². The minimum absolute atomic E-state index is 0.0571. The SMILES string of the molecule is CCCCNC(=O)COc1cnn(CCC)c1. The lowest BCUT2D eigenvalue weighted by atomic mass is 10.3. The van der Waals surface area contributed by atoms with E-state index in [1.807, 2.05) is 10.9 Å². The van der Waals surface area contributed by atoms with Crippen LogP contribution in [0.25, 0.3) is 0 Å². The summed E-state index contributed by atoms with van der Waals surface area (Å²) in [6.45, 7) is 5.82. The van der Waals surface area contributed by atoms with Crippen molar-refractivity contribution >= 4 is 5.91 Å². The maximum atomic E-state index is 11.4. The van der Waals surface area contributed by atoms with Gasteiger partial charge in [0.25, 0.3) is 5.91 Å². The van der Waals surface area contributed by atoms with Gasteiger partial charge in [0.05, 0.1) is 12.4 Å². The summed E-state index contributed by atoms with van der Waals surface area (Å²) in [5, 5.41) is 6.91. The van der Waals surface area contributed by atoms with Gasteiger partial charge in [-0.2, -0.15) is 5.10 Å². The first-order chi connectivity index (χ1) is 8.26. The molecule has 1 aromatic rings. The van der Waals surface area contributed by atoms with Crippen LogP contribution in [0.2, 0.25) is 0 Å². The van der Waals surface area contributed by atoms with Gasteiger partial charge < -0.3 is 10.1 Å². The van der Waals surface area contributed by atoms with Gasteiger partial charge in [0.15, 0.2) is 12.4 Å². The molecule has 1 rings (SSSR count). The van der Waals surface area contributed by atoms with Gasteiger partial charge in [-0.25, -0.2) is 0 Å². The monoisotopic (exact) mass is 239 g/mol. The third-order valence-corrected chi connectivity index (χ3v) is 2.28. The molecule has 0 fully saturated rings. The van der Waals surface area contributed by atoms with E-state index in [1.165, 1.54) is 0 Å². The zero-order valence-electron chi connectivity index (χ0n) is 10.6. The number of ether oxygens (including phenoxy) is 1. The average Bonchev–Trinajstić information content (AvgIpc) is 2.75. The predicted octanol–water partition coefficient (Wildman–Crippen LogP) is 1.59.